The number of aliphatic hydroxyl groups excluding tert-OH is 1. The zero-order valence-corrected chi connectivity index (χ0v) is 13.6. The number of hydrogen-bond donors (Lipinski definition) is 2. The largest absolute Gasteiger partial charge is 0.393 e. The van der Waals surface area contributed by atoms with Crippen LogP contribution in [-0.2, 0) is 11.3 Å². The molecule has 0 radical (unpaired) electrons. The standard InChI is InChI=1S/C18H19N5O2/c24-13-9-12(10-13)18(16-7-3-4-8-19-16)20-17(25)11-23-21-14-5-1-2-6-15(14)22-23/h1-8,12-13,18,24H,9-11H2,(H,20,25)/t12?,13?,18-/m1/s1. The number of hydrogen-bond acceptors (Lipinski definition) is 5. The highest BCUT2D eigenvalue weighted by Gasteiger charge is 2.36. The number of nitrogens with zero attached hydrogens (tertiary/aromatic N) is 4. The van der Waals surface area contributed by atoms with E-state index in [4.69, 9.17) is 0 Å². The second-order valence-electron chi connectivity index (χ2n) is 6.40. The lowest BCUT2D eigenvalue weighted by Crippen LogP contribution is -2.42. The second-order valence-corrected chi connectivity index (χ2v) is 6.40. The Morgan fingerprint density at radius 2 is 1.84 bits per heavy atom. The minimum Gasteiger partial charge on any atom is -0.393 e. The summed E-state index contributed by atoms with van der Waals surface area (Å²) in [7, 11) is 0. The van der Waals surface area contributed by atoms with Crippen molar-refractivity contribution in [3.63, 3.8) is 0 Å². The molecule has 0 unspecified atom stereocenters. The van der Waals surface area contributed by atoms with E-state index in [0.717, 1.165) is 16.7 Å². The normalized spacial score (nSPS) is 20.8. The molecule has 0 aliphatic heterocycles. The van der Waals surface area contributed by atoms with Crippen molar-refractivity contribution in [3.05, 3.63) is 54.4 Å². The zero-order chi connectivity index (χ0) is 17.2. The van der Waals surface area contributed by atoms with Gasteiger partial charge < -0.3 is 10.4 Å². The lowest BCUT2D eigenvalue weighted by molar-refractivity contribution is -0.124. The molecule has 2 aromatic heterocycles. The number of pyridine rings is 1. The van der Waals surface area contributed by atoms with E-state index in [2.05, 4.69) is 20.5 Å². The number of aromatic nitrogens is 4. The fourth-order valence-electron chi connectivity index (χ4n) is 3.22. The summed E-state index contributed by atoms with van der Waals surface area (Å²) in [6.07, 6.45) is 2.77. The van der Waals surface area contributed by atoms with Crippen LogP contribution in [0.15, 0.2) is 48.7 Å². The monoisotopic (exact) mass is 337 g/mol. The fourth-order valence-corrected chi connectivity index (χ4v) is 3.22. The third kappa shape index (κ3) is 3.36. The van der Waals surface area contributed by atoms with Gasteiger partial charge in [-0.1, -0.05) is 18.2 Å². The van der Waals surface area contributed by atoms with E-state index >= 15 is 0 Å². The van der Waals surface area contributed by atoms with Gasteiger partial charge in [0.25, 0.3) is 0 Å². The van der Waals surface area contributed by atoms with Crippen molar-refractivity contribution in [1.29, 1.82) is 0 Å². The van der Waals surface area contributed by atoms with E-state index < -0.39 is 0 Å². The Labute approximate surface area is 144 Å². The van der Waals surface area contributed by atoms with Crippen molar-refractivity contribution in [2.45, 2.75) is 31.5 Å². The quantitative estimate of drug-likeness (QED) is 0.735. The summed E-state index contributed by atoms with van der Waals surface area (Å²) in [5.74, 6) is 0.0239. The summed E-state index contributed by atoms with van der Waals surface area (Å²) in [5.41, 5.74) is 2.34. The Hall–Kier alpha value is -2.80. The third-order valence-electron chi connectivity index (χ3n) is 4.56. The lowest BCUT2D eigenvalue weighted by Gasteiger charge is -2.37. The molecule has 1 aliphatic rings. The van der Waals surface area contributed by atoms with Crippen LogP contribution >= 0.6 is 0 Å². The molecule has 2 heterocycles. The molecule has 0 spiro atoms. The Morgan fingerprint density at radius 3 is 2.44 bits per heavy atom. The number of amides is 1. The molecule has 7 heteroatoms. The van der Waals surface area contributed by atoms with Gasteiger partial charge in [-0.2, -0.15) is 15.0 Å². The molecule has 1 atom stereocenters. The first kappa shape index (κ1) is 15.7. The number of aliphatic hydroxyl groups is 1. The van der Waals surface area contributed by atoms with Gasteiger partial charge in [-0.3, -0.25) is 9.78 Å². The highest BCUT2D eigenvalue weighted by molar-refractivity contribution is 5.77. The Balaban J connectivity index is 1.48. The number of carbonyl (C=O) groups excluding carboxylic acids is 1. The van der Waals surface area contributed by atoms with Gasteiger partial charge in [0.15, 0.2) is 0 Å². The molecular formula is C18H19N5O2. The Bertz CT molecular complexity index is 840. The molecule has 128 valence electrons. The maximum absolute atomic E-state index is 12.5. The van der Waals surface area contributed by atoms with Crippen LogP contribution < -0.4 is 5.32 Å². The third-order valence-corrected chi connectivity index (χ3v) is 4.56. The predicted octanol–water partition coefficient (Wildman–Crippen LogP) is 1.45. The molecule has 0 bridgehead atoms. The molecule has 1 fully saturated rings. The maximum Gasteiger partial charge on any atom is 0.244 e. The molecule has 7 nitrogen and oxygen atoms in total. The summed E-state index contributed by atoms with van der Waals surface area (Å²) in [6.45, 7) is 0.0489. The van der Waals surface area contributed by atoms with E-state index in [1.54, 1.807) is 6.20 Å². The summed E-state index contributed by atoms with van der Waals surface area (Å²) in [6, 6.07) is 12.9. The van der Waals surface area contributed by atoms with Crippen molar-refractivity contribution in [1.82, 2.24) is 25.3 Å². The van der Waals surface area contributed by atoms with Gasteiger partial charge >= 0.3 is 0 Å². The van der Waals surface area contributed by atoms with E-state index in [0.29, 0.717) is 12.8 Å². The predicted molar refractivity (Wildman–Crippen MR) is 91.4 cm³/mol. The van der Waals surface area contributed by atoms with Gasteiger partial charge in [0, 0.05) is 6.20 Å². The van der Waals surface area contributed by atoms with Crippen molar-refractivity contribution >= 4 is 16.9 Å². The number of benzene rings is 1. The first-order valence-corrected chi connectivity index (χ1v) is 8.37. The van der Waals surface area contributed by atoms with E-state index in [1.807, 2.05) is 42.5 Å². The highest BCUT2D eigenvalue weighted by Crippen LogP contribution is 2.37. The minimum atomic E-state index is -0.286. The maximum atomic E-state index is 12.5. The number of rotatable bonds is 5. The Kier molecular flexibility index (Phi) is 4.15. The van der Waals surface area contributed by atoms with Crippen molar-refractivity contribution in [3.8, 4) is 0 Å². The summed E-state index contributed by atoms with van der Waals surface area (Å²) in [4.78, 5) is 18.3. The van der Waals surface area contributed by atoms with E-state index in [-0.39, 0.29) is 30.5 Å². The second kappa shape index (κ2) is 6.60. The first-order chi connectivity index (χ1) is 12.2. The highest BCUT2D eigenvalue weighted by atomic mass is 16.3. The van der Waals surface area contributed by atoms with Gasteiger partial charge in [-0.15, -0.1) is 0 Å². The van der Waals surface area contributed by atoms with Crippen LogP contribution in [0, 0.1) is 5.92 Å². The van der Waals surface area contributed by atoms with Crippen LogP contribution in [-0.4, -0.2) is 37.1 Å². The smallest absolute Gasteiger partial charge is 0.244 e. The molecule has 0 saturated heterocycles. The van der Waals surface area contributed by atoms with Crippen molar-refractivity contribution in [2.24, 2.45) is 5.92 Å². The lowest BCUT2D eigenvalue weighted by atomic mass is 9.76. The number of nitrogens with one attached hydrogen (secondary N) is 1. The SMILES string of the molecule is O=C(Cn1nc2ccccc2n1)N[C@@H](c1ccccn1)C1CC(O)C1. The molecule has 1 amide bonds. The molecule has 4 rings (SSSR count). The molecule has 1 aliphatic carbocycles. The van der Waals surface area contributed by atoms with Crippen LogP contribution in [0.3, 0.4) is 0 Å². The molecule has 25 heavy (non-hydrogen) atoms. The topological polar surface area (TPSA) is 92.9 Å². The summed E-state index contributed by atoms with van der Waals surface area (Å²) < 4.78 is 0. The van der Waals surface area contributed by atoms with Crippen LogP contribution in [0.2, 0.25) is 0 Å². The van der Waals surface area contributed by atoms with Gasteiger partial charge in [-0.05, 0) is 43.0 Å². The molecule has 2 N–H and O–H groups in total. The van der Waals surface area contributed by atoms with Gasteiger partial charge in [0.2, 0.25) is 5.91 Å². The van der Waals surface area contributed by atoms with Crippen LogP contribution in [0.4, 0.5) is 0 Å². The van der Waals surface area contributed by atoms with Crippen molar-refractivity contribution in [2.75, 3.05) is 0 Å². The minimum absolute atomic E-state index is 0.0489. The van der Waals surface area contributed by atoms with Gasteiger partial charge in [-0.25, -0.2) is 0 Å². The van der Waals surface area contributed by atoms with Crippen LogP contribution in [0.25, 0.3) is 11.0 Å². The summed E-state index contributed by atoms with van der Waals surface area (Å²) >= 11 is 0. The number of carbonyl (C=O) groups is 1. The number of fused-ring (bicyclic) bond motifs is 1. The molecule has 1 aromatic carbocycles. The first-order valence-electron chi connectivity index (χ1n) is 8.37. The average molecular weight is 337 g/mol. The van der Waals surface area contributed by atoms with Gasteiger partial charge in [0.1, 0.15) is 17.6 Å². The fraction of sp³-hybridized carbons (Fsp3) is 0.333. The van der Waals surface area contributed by atoms with Crippen molar-refractivity contribution < 1.29 is 9.90 Å². The van der Waals surface area contributed by atoms with Crippen LogP contribution in [0.1, 0.15) is 24.6 Å². The van der Waals surface area contributed by atoms with Crippen LogP contribution in [0.5, 0.6) is 0 Å². The molecule has 3 aromatic rings. The summed E-state index contributed by atoms with van der Waals surface area (Å²) in [5, 5.41) is 21.3. The van der Waals surface area contributed by atoms with Gasteiger partial charge in [0.05, 0.1) is 17.8 Å². The molecular weight excluding hydrogens is 318 g/mol. The zero-order valence-electron chi connectivity index (χ0n) is 13.6. The molecule has 1 saturated carbocycles. The average Bonchev–Trinajstić information content (AvgIpc) is 3.00. The van der Waals surface area contributed by atoms with E-state index in [1.165, 1.54) is 4.80 Å². The Morgan fingerprint density at radius 1 is 1.16 bits per heavy atom. The van der Waals surface area contributed by atoms with E-state index in [9.17, 15) is 9.90 Å².